The van der Waals surface area contributed by atoms with Crippen molar-refractivity contribution < 1.29 is 0 Å². The fourth-order valence-corrected chi connectivity index (χ4v) is 2.00. The maximum atomic E-state index is 5.63. The van der Waals surface area contributed by atoms with Crippen LogP contribution in [0.2, 0.25) is 0 Å². The third-order valence-electron chi connectivity index (χ3n) is 2.86. The fourth-order valence-electron chi connectivity index (χ4n) is 2.00. The van der Waals surface area contributed by atoms with Crippen LogP contribution in [0.3, 0.4) is 0 Å². The van der Waals surface area contributed by atoms with Crippen molar-refractivity contribution in [3.63, 3.8) is 0 Å². The van der Waals surface area contributed by atoms with E-state index in [0.29, 0.717) is 17.6 Å². The van der Waals surface area contributed by atoms with Gasteiger partial charge in [0.25, 0.3) is 0 Å². The molecule has 0 unspecified atom stereocenters. The minimum absolute atomic E-state index is 0.501. The largest absolute Gasteiger partial charge is 0.396 e. The van der Waals surface area contributed by atoms with Crippen LogP contribution >= 0.6 is 0 Å². The summed E-state index contributed by atoms with van der Waals surface area (Å²) in [5.74, 6) is 1.39. The van der Waals surface area contributed by atoms with Crippen LogP contribution in [0.4, 0.5) is 11.6 Å². The second-order valence-corrected chi connectivity index (χ2v) is 4.83. The number of anilines is 2. The number of nitrogen functional groups attached to an aromatic ring is 1. The van der Waals surface area contributed by atoms with E-state index in [1.165, 1.54) is 0 Å². The predicted octanol–water partition coefficient (Wildman–Crippen LogP) is 2.71. The van der Waals surface area contributed by atoms with Crippen molar-refractivity contribution in [3.8, 4) is 0 Å². The molecule has 0 aliphatic rings. The summed E-state index contributed by atoms with van der Waals surface area (Å²) in [5.41, 5.74) is 6.24. The van der Waals surface area contributed by atoms with Gasteiger partial charge in [0, 0.05) is 12.6 Å². The quantitative estimate of drug-likeness (QED) is 0.825. The normalized spacial score (nSPS) is 11.2. The van der Waals surface area contributed by atoms with E-state index >= 15 is 0 Å². The molecule has 0 radical (unpaired) electrons. The second kappa shape index (κ2) is 6.42. The number of hydrogen-bond donors (Lipinski definition) is 1. The molecule has 96 valence electrons. The zero-order valence-electron chi connectivity index (χ0n) is 11.3. The van der Waals surface area contributed by atoms with Crippen LogP contribution in [-0.2, 0) is 0 Å². The molecule has 0 spiro atoms. The molecule has 0 atom stereocenters. The summed E-state index contributed by atoms with van der Waals surface area (Å²) in [5, 5.41) is 0. The molecule has 2 N–H and O–H groups in total. The lowest BCUT2D eigenvalue weighted by Crippen LogP contribution is -2.38. The average molecular weight is 236 g/mol. The summed E-state index contributed by atoms with van der Waals surface area (Å²) < 4.78 is 0. The molecule has 0 fully saturated rings. The summed E-state index contributed by atoms with van der Waals surface area (Å²) in [6.45, 7) is 9.83. The van der Waals surface area contributed by atoms with Crippen LogP contribution in [0.25, 0.3) is 0 Å². The lowest BCUT2D eigenvalue weighted by molar-refractivity contribution is 0.498. The van der Waals surface area contributed by atoms with Crippen LogP contribution in [0.1, 0.15) is 40.5 Å². The van der Waals surface area contributed by atoms with Crippen LogP contribution in [0.5, 0.6) is 0 Å². The maximum Gasteiger partial charge on any atom is 0.225 e. The Labute approximate surface area is 104 Å². The van der Waals surface area contributed by atoms with E-state index in [1.54, 1.807) is 12.4 Å². The van der Waals surface area contributed by atoms with Gasteiger partial charge in [0.05, 0.1) is 18.1 Å². The molecular weight excluding hydrogens is 212 g/mol. The molecule has 1 heterocycles. The molecule has 4 heteroatoms. The van der Waals surface area contributed by atoms with Gasteiger partial charge in [-0.15, -0.1) is 0 Å². The van der Waals surface area contributed by atoms with Gasteiger partial charge in [-0.2, -0.15) is 0 Å². The monoisotopic (exact) mass is 236 g/mol. The van der Waals surface area contributed by atoms with Crippen molar-refractivity contribution in [2.45, 2.75) is 46.6 Å². The Kier molecular flexibility index (Phi) is 5.19. The summed E-state index contributed by atoms with van der Waals surface area (Å²) in [6, 6.07) is 0.501. The number of aromatic nitrogens is 2. The Morgan fingerprint density at radius 2 is 1.71 bits per heavy atom. The number of rotatable bonds is 6. The zero-order valence-corrected chi connectivity index (χ0v) is 11.3. The van der Waals surface area contributed by atoms with Gasteiger partial charge in [0.15, 0.2) is 0 Å². The maximum absolute atomic E-state index is 5.63. The molecule has 0 amide bonds. The van der Waals surface area contributed by atoms with Crippen molar-refractivity contribution in [1.82, 2.24) is 9.97 Å². The van der Waals surface area contributed by atoms with Crippen molar-refractivity contribution in [2.24, 2.45) is 5.92 Å². The molecule has 1 rings (SSSR count). The molecule has 0 aliphatic heterocycles. The molecule has 1 aromatic heterocycles. The van der Waals surface area contributed by atoms with E-state index in [0.717, 1.165) is 25.3 Å². The molecule has 4 nitrogen and oxygen atoms in total. The Balaban J connectivity index is 2.92. The Morgan fingerprint density at radius 1 is 1.18 bits per heavy atom. The molecular formula is C13H24N4. The van der Waals surface area contributed by atoms with Gasteiger partial charge in [0.2, 0.25) is 5.95 Å². The van der Waals surface area contributed by atoms with Crippen molar-refractivity contribution in [1.29, 1.82) is 0 Å². The predicted molar refractivity (Wildman–Crippen MR) is 73.0 cm³/mol. The molecule has 0 aromatic carbocycles. The summed E-state index contributed by atoms with van der Waals surface area (Å²) in [4.78, 5) is 11.0. The Morgan fingerprint density at radius 3 is 2.12 bits per heavy atom. The first-order valence-electron chi connectivity index (χ1n) is 6.42. The SMILES string of the molecule is CCC(CC)N(CC(C)C)c1ncc(N)cn1. The second-order valence-electron chi connectivity index (χ2n) is 4.83. The van der Waals surface area contributed by atoms with Gasteiger partial charge >= 0.3 is 0 Å². The first-order chi connectivity index (χ1) is 8.08. The highest BCUT2D eigenvalue weighted by molar-refractivity contribution is 5.38. The highest BCUT2D eigenvalue weighted by Gasteiger charge is 2.18. The molecule has 0 aliphatic carbocycles. The molecule has 0 bridgehead atoms. The van der Waals surface area contributed by atoms with Crippen LogP contribution in [0, 0.1) is 5.92 Å². The number of nitrogens with zero attached hydrogens (tertiary/aromatic N) is 3. The van der Waals surface area contributed by atoms with E-state index in [2.05, 4.69) is 42.6 Å². The summed E-state index contributed by atoms with van der Waals surface area (Å²) in [6.07, 6.45) is 5.57. The van der Waals surface area contributed by atoms with Gasteiger partial charge in [-0.1, -0.05) is 27.7 Å². The average Bonchev–Trinajstić information content (AvgIpc) is 2.30. The first kappa shape index (κ1) is 13.7. The summed E-state index contributed by atoms with van der Waals surface area (Å²) in [7, 11) is 0. The number of nitrogens with two attached hydrogens (primary N) is 1. The molecule has 0 saturated carbocycles. The topological polar surface area (TPSA) is 55.0 Å². The highest BCUT2D eigenvalue weighted by atomic mass is 15.3. The highest BCUT2D eigenvalue weighted by Crippen LogP contribution is 2.18. The third kappa shape index (κ3) is 3.88. The Hall–Kier alpha value is -1.32. The van der Waals surface area contributed by atoms with Crippen LogP contribution in [0.15, 0.2) is 12.4 Å². The minimum atomic E-state index is 0.501. The van der Waals surface area contributed by atoms with E-state index in [4.69, 9.17) is 5.73 Å². The van der Waals surface area contributed by atoms with Gasteiger partial charge < -0.3 is 10.6 Å². The first-order valence-corrected chi connectivity index (χ1v) is 6.42. The van der Waals surface area contributed by atoms with Gasteiger partial charge in [-0.3, -0.25) is 0 Å². The van der Waals surface area contributed by atoms with Gasteiger partial charge in [-0.25, -0.2) is 9.97 Å². The zero-order chi connectivity index (χ0) is 12.8. The summed E-state index contributed by atoms with van der Waals surface area (Å²) >= 11 is 0. The minimum Gasteiger partial charge on any atom is -0.396 e. The van der Waals surface area contributed by atoms with Gasteiger partial charge in [0.1, 0.15) is 0 Å². The van der Waals surface area contributed by atoms with E-state index in [9.17, 15) is 0 Å². The van der Waals surface area contributed by atoms with Crippen molar-refractivity contribution in [3.05, 3.63) is 12.4 Å². The molecule has 1 aromatic rings. The van der Waals surface area contributed by atoms with Gasteiger partial charge in [-0.05, 0) is 18.8 Å². The lowest BCUT2D eigenvalue weighted by Gasteiger charge is -2.32. The molecule has 17 heavy (non-hydrogen) atoms. The lowest BCUT2D eigenvalue weighted by atomic mass is 10.1. The number of hydrogen-bond acceptors (Lipinski definition) is 4. The molecule has 0 saturated heterocycles. The van der Waals surface area contributed by atoms with Crippen molar-refractivity contribution >= 4 is 11.6 Å². The van der Waals surface area contributed by atoms with Crippen LogP contribution < -0.4 is 10.6 Å². The third-order valence-corrected chi connectivity index (χ3v) is 2.86. The smallest absolute Gasteiger partial charge is 0.225 e. The fraction of sp³-hybridized carbons (Fsp3) is 0.692. The van der Waals surface area contributed by atoms with E-state index < -0.39 is 0 Å². The Bertz CT molecular complexity index is 317. The standard InChI is InChI=1S/C13H24N4/c1-5-12(6-2)17(9-10(3)4)13-15-7-11(14)8-16-13/h7-8,10,12H,5-6,9,14H2,1-4H3. The van der Waals surface area contributed by atoms with E-state index in [1.807, 2.05) is 0 Å². The van der Waals surface area contributed by atoms with Crippen LogP contribution in [-0.4, -0.2) is 22.6 Å². The van der Waals surface area contributed by atoms with Crippen molar-refractivity contribution in [2.75, 3.05) is 17.2 Å². The van der Waals surface area contributed by atoms with E-state index in [-0.39, 0.29) is 0 Å².